The molecular weight excluding hydrogens is 320 g/mol. The molecular formula is C24H20O2. The van der Waals surface area contributed by atoms with Gasteiger partial charge in [-0.25, -0.2) is 0 Å². The van der Waals surface area contributed by atoms with Crippen LogP contribution in [-0.2, 0) is 0 Å². The van der Waals surface area contributed by atoms with E-state index in [0.29, 0.717) is 17.5 Å². The molecule has 0 heterocycles. The van der Waals surface area contributed by atoms with Gasteiger partial charge in [-0.05, 0) is 41.7 Å². The summed E-state index contributed by atoms with van der Waals surface area (Å²) >= 11 is 0. The van der Waals surface area contributed by atoms with Crippen LogP contribution in [0.1, 0.15) is 40.4 Å². The van der Waals surface area contributed by atoms with Crippen molar-refractivity contribution in [1.82, 2.24) is 0 Å². The Labute approximate surface area is 153 Å². The highest BCUT2D eigenvalue weighted by atomic mass is 16.3. The second kappa shape index (κ2) is 6.30. The van der Waals surface area contributed by atoms with Crippen LogP contribution in [0.4, 0.5) is 0 Å². The molecule has 0 fully saturated rings. The molecule has 0 radical (unpaired) electrons. The SMILES string of the molecule is CCC1=C(c2ccccc2)c2c(O)cc(C)c(-c3ccccc3)c2C1=O. The highest BCUT2D eigenvalue weighted by molar-refractivity contribution is 6.26. The number of aryl methyl sites for hydroxylation is 1. The molecule has 1 N–H and O–H groups in total. The van der Waals surface area contributed by atoms with Gasteiger partial charge in [-0.15, -0.1) is 0 Å². The van der Waals surface area contributed by atoms with Gasteiger partial charge in [0.1, 0.15) is 5.75 Å². The lowest BCUT2D eigenvalue weighted by Crippen LogP contribution is -2.02. The van der Waals surface area contributed by atoms with Crippen molar-refractivity contribution in [3.8, 4) is 16.9 Å². The first-order chi connectivity index (χ1) is 12.6. The van der Waals surface area contributed by atoms with E-state index in [0.717, 1.165) is 33.4 Å². The predicted molar refractivity (Wildman–Crippen MR) is 105 cm³/mol. The molecule has 0 aliphatic heterocycles. The molecule has 0 atom stereocenters. The van der Waals surface area contributed by atoms with E-state index in [4.69, 9.17) is 0 Å². The smallest absolute Gasteiger partial charge is 0.191 e. The van der Waals surface area contributed by atoms with Gasteiger partial charge >= 0.3 is 0 Å². The van der Waals surface area contributed by atoms with E-state index in [1.54, 1.807) is 6.07 Å². The standard InChI is InChI=1S/C24H20O2/c1-3-18-21(17-12-8-5-9-13-17)22-19(25)14-15(2)20(23(22)24(18)26)16-10-6-4-7-11-16/h4-14,25H,3H2,1-2H3. The Balaban J connectivity index is 2.07. The van der Waals surface area contributed by atoms with E-state index in [1.807, 2.05) is 74.5 Å². The number of allylic oxidation sites excluding steroid dienone is 1. The van der Waals surface area contributed by atoms with Crippen molar-refractivity contribution in [1.29, 1.82) is 0 Å². The molecule has 1 aliphatic carbocycles. The second-order valence-electron chi connectivity index (χ2n) is 6.61. The fraction of sp³-hybridized carbons (Fsp3) is 0.125. The average Bonchev–Trinajstić information content (AvgIpc) is 2.96. The molecule has 0 bridgehead atoms. The zero-order valence-electron chi connectivity index (χ0n) is 14.9. The summed E-state index contributed by atoms with van der Waals surface area (Å²) in [5.41, 5.74) is 6.72. The molecule has 4 rings (SSSR count). The first-order valence-corrected chi connectivity index (χ1v) is 8.89. The van der Waals surface area contributed by atoms with Gasteiger partial charge in [-0.3, -0.25) is 4.79 Å². The Morgan fingerprint density at radius 3 is 1.96 bits per heavy atom. The maximum atomic E-state index is 13.3. The number of hydrogen-bond acceptors (Lipinski definition) is 2. The molecule has 0 saturated heterocycles. The molecule has 26 heavy (non-hydrogen) atoms. The number of carbonyl (C=O) groups is 1. The predicted octanol–water partition coefficient (Wildman–Crippen LogP) is 5.78. The number of carbonyl (C=O) groups excluding carboxylic acids is 1. The van der Waals surface area contributed by atoms with Crippen LogP contribution in [0, 0.1) is 6.92 Å². The fourth-order valence-corrected chi connectivity index (χ4v) is 3.93. The third-order valence-electron chi connectivity index (χ3n) is 5.04. The van der Waals surface area contributed by atoms with Gasteiger partial charge in [0.2, 0.25) is 0 Å². The van der Waals surface area contributed by atoms with Crippen LogP contribution < -0.4 is 0 Å². The van der Waals surface area contributed by atoms with Gasteiger partial charge in [-0.2, -0.15) is 0 Å². The molecule has 1 aliphatic rings. The average molecular weight is 340 g/mol. The van der Waals surface area contributed by atoms with Gasteiger partial charge < -0.3 is 5.11 Å². The summed E-state index contributed by atoms with van der Waals surface area (Å²) in [7, 11) is 0. The van der Waals surface area contributed by atoms with Crippen LogP contribution >= 0.6 is 0 Å². The first kappa shape index (κ1) is 16.3. The van der Waals surface area contributed by atoms with Gasteiger partial charge in [0.15, 0.2) is 5.78 Å². The second-order valence-corrected chi connectivity index (χ2v) is 6.61. The van der Waals surface area contributed by atoms with E-state index >= 15 is 0 Å². The minimum Gasteiger partial charge on any atom is -0.507 e. The number of Topliss-reactive ketones (excluding diaryl/α,β-unsaturated/α-hetero) is 1. The van der Waals surface area contributed by atoms with Crippen LogP contribution in [-0.4, -0.2) is 10.9 Å². The van der Waals surface area contributed by atoms with Crippen LogP contribution in [0.15, 0.2) is 72.3 Å². The highest BCUT2D eigenvalue weighted by Crippen LogP contribution is 2.48. The normalized spacial score (nSPS) is 13.2. The Kier molecular flexibility index (Phi) is 3.96. The fourth-order valence-electron chi connectivity index (χ4n) is 3.93. The molecule has 3 aromatic rings. The summed E-state index contributed by atoms with van der Waals surface area (Å²) in [4.78, 5) is 13.3. The number of fused-ring (bicyclic) bond motifs is 1. The van der Waals surface area contributed by atoms with Crippen molar-refractivity contribution in [3.63, 3.8) is 0 Å². The summed E-state index contributed by atoms with van der Waals surface area (Å²) in [5.74, 6) is 0.201. The van der Waals surface area contributed by atoms with Crippen LogP contribution in [0.3, 0.4) is 0 Å². The van der Waals surface area contributed by atoms with E-state index in [-0.39, 0.29) is 11.5 Å². The van der Waals surface area contributed by atoms with Crippen LogP contribution in [0.2, 0.25) is 0 Å². The Morgan fingerprint density at radius 1 is 0.808 bits per heavy atom. The number of aromatic hydroxyl groups is 1. The molecule has 0 aromatic heterocycles. The van der Waals surface area contributed by atoms with Crippen LogP contribution in [0.25, 0.3) is 16.7 Å². The summed E-state index contributed by atoms with van der Waals surface area (Å²) in [6, 6.07) is 21.6. The number of benzene rings is 3. The van der Waals surface area contributed by atoms with E-state index in [2.05, 4.69) is 0 Å². The lowest BCUT2D eigenvalue weighted by atomic mass is 9.89. The molecule has 0 spiro atoms. The van der Waals surface area contributed by atoms with E-state index < -0.39 is 0 Å². The molecule has 0 saturated carbocycles. The maximum absolute atomic E-state index is 13.3. The Morgan fingerprint density at radius 2 is 1.38 bits per heavy atom. The monoisotopic (exact) mass is 340 g/mol. The van der Waals surface area contributed by atoms with Crippen molar-refractivity contribution in [3.05, 3.63) is 94.6 Å². The lowest BCUT2D eigenvalue weighted by molar-refractivity contribution is 0.103. The van der Waals surface area contributed by atoms with Gasteiger partial charge in [0, 0.05) is 22.3 Å². The topological polar surface area (TPSA) is 37.3 Å². The summed E-state index contributed by atoms with van der Waals surface area (Å²) < 4.78 is 0. The molecule has 0 unspecified atom stereocenters. The molecule has 2 nitrogen and oxygen atoms in total. The third-order valence-corrected chi connectivity index (χ3v) is 5.04. The largest absolute Gasteiger partial charge is 0.507 e. The number of phenolic OH excluding ortho intramolecular Hbond substituents is 1. The number of phenols is 1. The zero-order valence-corrected chi connectivity index (χ0v) is 14.9. The minimum absolute atomic E-state index is 0.0270. The quantitative estimate of drug-likeness (QED) is 0.656. The Hall–Kier alpha value is -3.13. The van der Waals surface area contributed by atoms with Crippen LogP contribution in [0.5, 0.6) is 5.75 Å². The van der Waals surface area contributed by atoms with Crippen molar-refractivity contribution in [2.75, 3.05) is 0 Å². The lowest BCUT2D eigenvalue weighted by Gasteiger charge is -2.15. The summed E-state index contributed by atoms with van der Waals surface area (Å²) in [5, 5.41) is 10.8. The number of ketones is 1. The van der Waals surface area contributed by atoms with Gasteiger partial charge in [0.05, 0.1) is 0 Å². The number of hydrogen-bond donors (Lipinski definition) is 1. The van der Waals surface area contributed by atoms with E-state index in [1.165, 1.54) is 0 Å². The van der Waals surface area contributed by atoms with Crippen molar-refractivity contribution >= 4 is 11.4 Å². The van der Waals surface area contributed by atoms with Gasteiger partial charge in [-0.1, -0.05) is 67.6 Å². The Bertz CT molecular complexity index is 1030. The van der Waals surface area contributed by atoms with Crippen molar-refractivity contribution in [2.24, 2.45) is 0 Å². The van der Waals surface area contributed by atoms with Crippen molar-refractivity contribution < 1.29 is 9.90 Å². The molecule has 3 aromatic carbocycles. The maximum Gasteiger partial charge on any atom is 0.191 e. The van der Waals surface area contributed by atoms with E-state index in [9.17, 15) is 9.90 Å². The highest BCUT2D eigenvalue weighted by Gasteiger charge is 2.35. The summed E-state index contributed by atoms with van der Waals surface area (Å²) in [6.45, 7) is 3.94. The first-order valence-electron chi connectivity index (χ1n) is 8.89. The minimum atomic E-state index is 0.0270. The zero-order chi connectivity index (χ0) is 18.3. The summed E-state index contributed by atoms with van der Waals surface area (Å²) in [6.07, 6.45) is 0.629. The molecule has 2 heteroatoms. The van der Waals surface area contributed by atoms with Gasteiger partial charge in [0.25, 0.3) is 0 Å². The molecule has 0 amide bonds. The third kappa shape index (κ3) is 2.38. The molecule has 128 valence electrons. The van der Waals surface area contributed by atoms with Crippen molar-refractivity contribution in [2.45, 2.75) is 20.3 Å². The number of rotatable bonds is 3.